The lowest BCUT2D eigenvalue weighted by Gasteiger charge is -2.13. The van der Waals surface area contributed by atoms with E-state index in [1.807, 2.05) is 13.8 Å². The summed E-state index contributed by atoms with van der Waals surface area (Å²) in [6, 6.07) is -0.00136. The maximum atomic E-state index is 11.9. The van der Waals surface area contributed by atoms with Crippen molar-refractivity contribution >= 4 is 52.4 Å². The molecule has 1 unspecified atom stereocenters. The molecule has 0 aliphatic heterocycles. The van der Waals surface area contributed by atoms with E-state index in [1.54, 1.807) is 0 Å². The normalized spacial score (nSPS) is 11.9. The number of nitrogens with one attached hydrogen (secondary N) is 1. The van der Waals surface area contributed by atoms with Gasteiger partial charge in [0, 0.05) is 6.04 Å². The zero-order valence-electron chi connectivity index (χ0n) is 12.1. The average molecular weight is 369 g/mol. The van der Waals surface area contributed by atoms with E-state index in [0.717, 1.165) is 12.8 Å². The molecule has 1 aromatic heterocycles. The number of nitrogen functional groups attached to an aromatic ring is 1. The number of carbonyl (C=O) groups excluding carboxylic acids is 2. The lowest BCUT2D eigenvalue weighted by atomic mass is 10.2. The fourth-order valence-corrected chi connectivity index (χ4v) is 2.27. The zero-order valence-corrected chi connectivity index (χ0v) is 14.3. The number of rotatable bonds is 6. The number of ether oxygens (including phenoxy) is 1. The molecule has 0 fully saturated rings. The number of carbonyl (C=O) groups is 2. The maximum Gasteiger partial charge on any atom is 0.359 e. The number of hydrogen-bond donors (Lipinski definition) is 2. The van der Waals surface area contributed by atoms with Gasteiger partial charge in [-0.15, -0.1) is 0 Å². The number of nitrogens with zero attached hydrogens (tertiary/aromatic N) is 1. The molecule has 0 spiro atoms. The van der Waals surface area contributed by atoms with Crippen molar-refractivity contribution in [2.24, 2.45) is 0 Å². The van der Waals surface area contributed by atoms with Crippen molar-refractivity contribution in [3.8, 4) is 0 Å². The van der Waals surface area contributed by atoms with Crippen LogP contribution in [-0.2, 0) is 9.53 Å². The fourth-order valence-electron chi connectivity index (χ4n) is 1.69. The van der Waals surface area contributed by atoms with Crippen LogP contribution >= 0.6 is 34.8 Å². The van der Waals surface area contributed by atoms with Crippen LogP contribution in [0.15, 0.2) is 0 Å². The number of pyridine rings is 1. The summed E-state index contributed by atoms with van der Waals surface area (Å²) in [7, 11) is 0. The Bertz CT molecular complexity index is 581. The van der Waals surface area contributed by atoms with Crippen molar-refractivity contribution in [3.63, 3.8) is 0 Å². The van der Waals surface area contributed by atoms with Gasteiger partial charge in [0.2, 0.25) is 0 Å². The van der Waals surface area contributed by atoms with Crippen LogP contribution in [0.5, 0.6) is 0 Å². The van der Waals surface area contributed by atoms with Crippen LogP contribution in [0.3, 0.4) is 0 Å². The predicted octanol–water partition coefficient (Wildman–Crippen LogP) is 3.09. The first-order chi connectivity index (χ1) is 10.3. The molecule has 122 valence electrons. The van der Waals surface area contributed by atoms with Crippen LogP contribution in [0.2, 0.25) is 15.2 Å². The summed E-state index contributed by atoms with van der Waals surface area (Å²) in [5.41, 5.74) is 5.24. The van der Waals surface area contributed by atoms with Gasteiger partial charge in [0.05, 0.1) is 10.7 Å². The minimum absolute atomic E-state index is 0.00136. The van der Waals surface area contributed by atoms with Gasteiger partial charge in [-0.1, -0.05) is 48.1 Å². The van der Waals surface area contributed by atoms with Gasteiger partial charge >= 0.3 is 5.97 Å². The van der Waals surface area contributed by atoms with E-state index in [1.165, 1.54) is 0 Å². The lowest BCUT2D eigenvalue weighted by molar-refractivity contribution is -0.124. The summed E-state index contributed by atoms with van der Waals surface area (Å²) in [5.74, 6) is -1.33. The van der Waals surface area contributed by atoms with Crippen molar-refractivity contribution < 1.29 is 14.3 Å². The third-order valence-corrected chi connectivity index (χ3v) is 3.86. The van der Waals surface area contributed by atoms with Crippen LogP contribution in [0, 0.1) is 0 Å². The summed E-state index contributed by atoms with van der Waals surface area (Å²) in [6.07, 6.45) is 1.76. The highest BCUT2D eigenvalue weighted by Crippen LogP contribution is 2.34. The topological polar surface area (TPSA) is 94.3 Å². The Kier molecular flexibility index (Phi) is 7.19. The molecule has 0 bridgehead atoms. The third kappa shape index (κ3) is 4.90. The Morgan fingerprint density at radius 3 is 2.55 bits per heavy atom. The standard InChI is InChI=1S/C13H16Cl3N3O3/c1-3-4-6(2)18-7(20)5-22-13(21)11-8(14)10(17)9(15)12(16)19-11/h6H,3-5H2,1-2H3,(H2,17,19)(H,18,20). The van der Waals surface area contributed by atoms with E-state index in [2.05, 4.69) is 10.3 Å². The summed E-state index contributed by atoms with van der Waals surface area (Å²) in [5, 5.41) is 2.31. The first-order valence-electron chi connectivity index (χ1n) is 6.54. The van der Waals surface area contributed by atoms with E-state index in [4.69, 9.17) is 45.3 Å². The van der Waals surface area contributed by atoms with Crippen LogP contribution in [0.25, 0.3) is 0 Å². The lowest BCUT2D eigenvalue weighted by Crippen LogP contribution is -2.35. The molecule has 1 amide bonds. The van der Waals surface area contributed by atoms with Gasteiger partial charge < -0.3 is 15.8 Å². The molecule has 22 heavy (non-hydrogen) atoms. The highest BCUT2D eigenvalue weighted by molar-refractivity contribution is 6.46. The SMILES string of the molecule is CCCC(C)NC(=O)COC(=O)c1nc(Cl)c(Cl)c(N)c1Cl. The molecule has 0 saturated heterocycles. The molecule has 3 N–H and O–H groups in total. The smallest absolute Gasteiger partial charge is 0.359 e. The quantitative estimate of drug-likeness (QED) is 0.594. The van der Waals surface area contributed by atoms with Crippen molar-refractivity contribution in [3.05, 3.63) is 20.9 Å². The highest BCUT2D eigenvalue weighted by atomic mass is 35.5. The van der Waals surface area contributed by atoms with E-state index in [9.17, 15) is 9.59 Å². The third-order valence-electron chi connectivity index (χ3n) is 2.73. The Morgan fingerprint density at radius 1 is 1.32 bits per heavy atom. The van der Waals surface area contributed by atoms with Crippen LogP contribution in [-0.4, -0.2) is 29.5 Å². The molecule has 1 rings (SSSR count). The number of anilines is 1. The molecule has 6 nitrogen and oxygen atoms in total. The molecule has 0 saturated carbocycles. The molecule has 1 heterocycles. The summed E-state index contributed by atoms with van der Waals surface area (Å²) >= 11 is 17.4. The van der Waals surface area contributed by atoms with Crippen molar-refractivity contribution in [1.82, 2.24) is 10.3 Å². The first kappa shape index (κ1) is 18.8. The second-order valence-corrected chi connectivity index (χ2v) is 5.74. The number of amides is 1. The molecular weight excluding hydrogens is 353 g/mol. The van der Waals surface area contributed by atoms with Crippen molar-refractivity contribution in [1.29, 1.82) is 0 Å². The van der Waals surface area contributed by atoms with E-state index >= 15 is 0 Å². The fraction of sp³-hybridized carbons (Fsp3) is 0.462. The monoisotopic (exact) mass is 367 g/mol. The highest BCUT2D eigenvalue weighted by Gasteiger charge is 2.21. The summed E-state index contributed by atoms with van der Waals surface area (Å²) in [4.78, 5) is 27.2. The maximum absolute atomic E-state index is 11.9. The van der Waals surface area contributed by atoms with Crippen LogP contribution in [0.1, 0.15) is 37.2 Å². The first-order valence-corrected chi connectivity index (χ1v) is 7.67. The molecule has 0 radical (unpaired) electrons. The van der Waals surface area contributed by atoms with Crippen molar-refractivity contribution in [2.45, 2.75) is 32.7 Å². The predicted molar refractivity (Wildman–Crippen MR) is 86.5 cm³/mol. The minimum atomic E-state index is -0.909. The van der Waals surface area contributed by atoms with Crippen LogP contribution in [0.4, 0.5) is 5.69 Å². The van der Waals surface area contributed by atoms with Gasteiger partial charge in [0.25, 0.3) is 5.91 Å². The van der Waals surface area contributed by atoms with Gasteiger partial charge in [0.15, 0.2) is 17.5 Å². The molecule has 0 aliphatic rings. The molecule has 1 atom stereocenters. The van der Waals surface area contributed by atoms with Gasteiger partial charge in [-0.3, -0.25) is 4.79 Å². The zero-order chi connectivity index (χ0) is 16.9. The number of hydrogen-bond acceptors (Lipinski definition) is 5. The molecule has 0 aromatic carbocycles. The van der Waals surface area contributed by atoms with Gasteiger partial charge in [0.1, 0.15) is 5.02 Å². The second kappa shape index (κ2) is 8.41. The Labute approximate surface area is 143 Å². The molecular formula is C13H16Cl3N3O3. The van der Waals surface area contributed by atoms with Crippen LogP contribution < -0.4 is 11.1 Å². The van der Waals surface area contributed by atoms with Gasteiger partial charge in [-0.2, -0.15) is 0 Å². The van der Waals surface area contributed by atoms with Gasteiger partial charge in [-0.25, -0.2) is 9.78 Å². The average Bonchev–Trinajstić information content (AvgIpc) is 2.46. The second-order valence-electron chi connectivity index (χ2n) is 4.63. The molecule has 0 aliphatic carbocycles. The van der Waals surface area contributed by atoms with Crippen molar-refractivity contribution in [2.75, 3.05) is 12.3 Å². The largest absolute Gasteiger partial charge is 0.451 e. The van der Waals surface area contributed by atoms with E-state index < -0.39 is 18.5 Å². The van der Waals surface area contributed by atoms with Gasteiger partial charge in [-0.05, 0) is 13.3 Å². The number of aromatic nitrogens is 1. The summed E-state index contributed by atoms with van der Waals surface area (Å²) < 4.78 is 4.84. The Hall–Kier alpha value is -1.24. The molecule has 1 aromatic rings. The minimum Gasteiger partial charge on any atom is -0.451 e. The number of nitrogens with two attached hydrogens (primary N) is 1. The van der Waals surface area contributed by atoms with E-state index in [-0.39, 0.29) is 32.6 Å². The summed E-state index contributed by atoms with van der Waals surface area (Å²) in [6.45, 7) is 3.41. The Balaban J connectivity index is 2.69. The van der Waals surface area contributed by atoms with E-state index in [0.29, 0.717) is 0 Å². The number of esters is 1. The Morgan fingerprint density at radius 2 is 1.95 bits per heavy atom. The number of halogens is 3. The molecule has 9 heteroatoms.